The molecule has 0 aliphatic rings. The monoisotopic (exact) mass is 270 g/mol. The molecule has 0 aliphatic carbocycles. The van der Waals surface area contributed by atoms with Crippen LogP contribution in [0.5, 0.6) is 0 Å². The van der Waals surface area contributed by atoms with Gasteiger partial charge in [0.05, 0.1) is 17.8 Å². The second-order valence-electron chi connectivity index (χ2n) is 4.96. The zero-order chi connectivity index (χ0) is 14.5. The third-order valence-electron chi connectivity index (χ3n) is 3.04. The molecule has 2 aromatic rings. The maximum Gasteiger partial charge on any atom is 0.257 e. The number of fused-ring (bicyclic) bond motifs is 1. The van der Waals surface area contributed by atoms with Crippen LogP contribution in [0, 0.1) is 5.92 Å². The van der Waals surface area contributed by atoms with Crippen LogP contribution in [-0.2, 0) is 4.79 Å². The number of carbonyl (C=O) groups excluding carboxylic acids is 1. The lowest BCUT2D eigenvalue weighted by atomic mass is 10.1. The van der Waals surface area contributed by atoms with E-state index in [4.69, 9.17) is 5.73 Å². The number of aromatic nitrogens is 1. The van der Waals surface area contributed by atoms with E-state index in [2.05, 4.69) is 15.5 Å². The molecule has 104 valence electrons. The summed E-state index contributed by atoms with van der Waals surface area (Å²) in [4.78, 5) is 15.9. The van der Waals surface area contributed by atoms with E-state index in [1.54, 1.807) is 12.4 Å². The molecule has 2 rings (SSSR count). The Hall–Kier alpha value is -2.27. The maximum atomic E-state index is 11.6. The Labute approximate surface area is 117 Å². The van der Waals surface area contributed by atoms with Gasteiger partial charge in [0, 0.05) is 11.6 Å². The first-order valence-electron chi connectivity index (χ1n) is 6.51. The van der Waals surface area contributed by atoms with E-state index >= 15 is 0 Å². The van der Waals surface area contributed by atoms with Gasteiger partial charge in [0.15, 0.2) is 0 Å². The van der Waals surface area contributed by atoms with Gasteiger partial charge in [-0.2, -0.15) is 5.10 Å². The van der Waals surface area contributed by atoms with Crippen LogP contribution >= 0.6 is 0 Å². The fourth-order valence-corrected chi connectivity index (χ4v) is 1.72. The number of benzene rings is 1. The van der Waals surface area contributed by atoms with Crippen LogP contribution in [0.3, 0.4) is 0 Å². The van der Waals surface area contributed by atoms with Gasteiger partial charge in [-0.1, -0.05) is 26.0 Å². The van der Waals surface area contributed by atoms with Crippen molar-refractivity contribution in [1.82, 2.24) is 10.4 Å². The highest BCUT2D eigenvalue weighted by Crippen LogP contribution is 2.11. The molecular formula is C15H18N4O. The number of amides is 1. The van der Waals surface area contributed by atoms with Gasteiger partial charge in [0.25, 0.3) is 5.91 Å². The zero-order valence-corrected chi connectivity index (χ0v) is 11.6. The van der Waals surface area contributed by atoms with E-state index in [1.807, 2.05) is 44.2 Å². The van der Waals surface area contributed by atoms with Crippen molar-refractivity contribution in [2.24, 2.45) is 16.8 Å². The van der Waals surface area contributed by atoms with Crippen LogP contribution in [0.1, 0.15) is 19.4 Å². The van der Waals surface area contributed by atoms with Crippen LogP contribution in [-0.4, -0.2) is 23.1 Å². The van der Waals surface area contributed by atoms with E-state index < -0.39 is 6.04 Å². The Bertz CT molecular complexity index is 637. The third-order valence-corrected chi connectivity index (χ3v) is 3.04. The topological polar surface area (TPSA) is 80.4 Å². The van der Waals surface area contributed by atoms with E-state index in [1.165, 1.54) is 0 Å². The molecule has 1 atom stereocenters. The van der Waals surface area contributed by atoms with Crippen molar-refractivity contribution >= 4 is 23.0 Å². The van der Waals surface area contributed by atoms with Crippen molar-refractivity contribution in [2.75, 3.05) is 0 Å². The van der Waals surface area contributed by atoms with Crippen molar-refractivity contribution in [2.45, 2.75) is 19.9 Å². The highest BCUT2D eigenvalue weighted by Gasteiger charge is 2.15. The molecule has 20 heavy (non-hydrogen) atoms. The molecule has 1 aromatic heterocycles. The summed E-state index contributed by atoms with van der Waals surface area (Å²) in [6.45, 7) is 3.79. The summed E-state index contributed by atoms with van der Waals surface area (Å²) < 4.78 is 0. The van der Waals surface area contributed by atoms with Crippen LogP contribution in [0.4, 0.5) is 0 Å². The van der Waals surface area contributed by atoms with Crippen molar-refractivity contribution in [3.05, 3.63) is 42.1 Å². The fraction of sp³-hybridized carbons (Fsp3) is 0.267. The summed E-state index contributed by atoms with van der Waals surface area (Å²) >= 11 is 0. The minimum absolute atomic E-state index is 0.0805. The van der Waals surface area contributed by atoms with Gasteiger partial charge >= 0.3 is 0 Å². The van der Waals surface area contributed by atoms with Gasteiger partial charge in [-0.05, 0) is 29.7 Å². The van der Waals surface area contributed by atoms with Crippen LogP contribution in [0.15, 0.2) is 41.6 Å². The second kappa shape index (κ2) is 6.25. The molecule has 1 aromatic carbocycles. The molecule has 1 heterocycles. The number of rotatable bonds is 4. The van der Waals surface area contributed by atoms with Gasteiger partial charge in [0.1, 0.15) is 0 Å². The first-order chi connectivity index (χ1) is 9.58. The average molecular weight is 270 g/mol. The molecule has 0 radical (unpaired) electrons. The van der Waals surface area contributed by atoms with Gasteiger partial charge in [0.2, 0.25) is 0 Å². The molecule has 0 unspecified atom stereocenters. The number of pyridine rings is 1. The van der Waals surface area contributed by atoms with E-state index in [0.717, 1.165) is 16.5 Å². The molecule has 5 heteroatoms. The first-order valence-corrected chi connectivity index (χ1v) is 6.51. The van der Waals surface area contributed by atoms with E-state index in [9.17, 15) is 4.79 Å². The highest BCUT2D eigenvalue weighted by atomic mass is 16.2. The summed E-state index contributed by atoms with van der Waals surface area (Å²) in [5.41, 5.74) is 9.99. The fourth-order valence-electron chi connectivity index (χ4n) is 1.72. The minimum atomic E-state index is -0.548. The second-order valence-corrected chi connectivity index (χ2v) is 4.96. The average Bonchev–Trinajstić information content (AvgIpc) is 2.46. The normalized spacial score (nSPS) is 13.0. The smallest absolute Gasteiger partial charge is 0.257 e. The van der Waals surface area contributed by atoms with Crippen LogP contribution in [0.2, 0.25) is 0 Å². The number of carbonyl (C=O) groups is 1. The van der Waals surface area contributed by atoms with E-state index in [0.29, 0.717) is 0 Å². The molecule has 1 amide bonds. The van der Waals surface area contributed by atoms with Crippen LogP contribution < -0.4 is 11.2 Å². The molecule has 0 saturated heterocycles. The SMILES string of the molecule is CC(C)[C@@H](N)C(=O)N/N=C/c1ccc2ncccc2c1. The number of nitrogens with one attached hydrogen (secondary N) is 1. The number of nitrogens with zero attached hydrogens (tertiary/aromatic N) is 2. The lowest BCUT2D eigenvalue weighted by molar-refractivity contribution is -0.123. The van der Waals surface area contributed by atoms with Crippen LogP contribution in [0.25, 0.3) is 10.9 Å². The standard InChI is InChI=1S/C15H18N4O/c1-10(2)14(16)15(20)19-18-9-11-5-6-13-12(8-11)4-3-7-17-13/h3-10,14H,16H2,1-2H3,(H,19,20)/b18-9+/t14-/m1/s1. The molecule has 0 saturated carbocycles. The number of nitrogens with two attached hydrogens (primary N) is 1. The highest BCUT2D eigenvalue weighted by molar-refractivity contribution is 5.89. The van der Waals surface area contributed by atoms with Crippen molar-refractivity contribution in [3.8, 4) is 0 Å². The van der Waals surface area contributed by atoms with Crippen molar-refractivity contribution in [3.63, 3.8) is 0 Å². The van der Waals surface area contributed by atoms with Gasteiger partial charge in [-0.15, -0.1) is 0 Å². The van der Waals surface area contributed by atoms with E-state index in [-0.39, 0.29) is 11.8 Å². The molecule has 0 aliphatic heterocycles. The largest absolute Gasteiger partial charge is 0.320 e. The summed E-state index contributed by atoms with van der Waals surface area (Å²) in [5, 5.41) is 4.96. The predicted molar refractivity (Wildman–Crippen MR) is 80.3 cm³/mol. The molecule has 5 nitrogen and oxygen atoms in total. The molecular weight excluding hydrogens is 252 g/mol. The van der Waals surface area contributed by atoms with Crippen molar-refractivity contribution < 1.29 is 4.79 Å². The lowest BCUT2D eigenvalue weighted by Gasteiger charge is -2.12. The Balaban J connectivity index is 2.04. The molecule has 0 spiro atoms. The molecule has 3 N–H and O–H groups in total. The minimum Gasteiger partial charge on any atom is -0.320 e. The predicted octanol–water partition coefficient (Wildman–Crippen LogP) is 1.67. The summed E-state index contributed by atoms with van der Waals surface area (Å²) in [6.07, 6.45) is 3.35. The van der Waals surface area contributed by atoms with Gasteiger partial charge < -0.3 is 5.73 Å². The number of hydrazone groups is 1. The summed E-state index contributed by atoms with van der Waals surface area (Å²) in [6, 6.07) is 9.08. The third kappa shape index (κ3) is 3.39. The van der Waals surface area contributed by atoms with Gasteiger partial charge in [-0.25, -0.2) is 5.43 Å². The molecule has 0 fully saturated rings. The number of hydrogen-bond acceptors (Lipinski definition) is 4. The van der Waals surface area contributed by atoms with Gasteiger partial charge in [-0.3, -0.25) is 9.78 Å². The maximum absolute atomic E-state index is 11.6. The zero-order valence-electron chi connectivity index (χ0n) is 11.6. The Morgan fingerprint density at radius 1 is 1.40 bits per heavy atom. The molecule has 0 bridgehead atoms. The number of hydrogen-bond donors (Lipinski definition) is 2. The first kappa shape index (κ1) is 14.1. The Morgan fingerprint density at radius 2 is 2.20 bits per heavy atom. The quantitative estimate of drug-likeness (QED) is 0.655. The lowest BCUT2D eigenvalue weighted by Crippen LogP contribution is -2.42. The summed E-state index contributed by atoms with van der Waals surface area (Å²) in [5.74, 6) is -0.198. The Kier molecular flexibility index (Phi) is 4.42. The van der Waals surface area contributed by atoms with Crippen molar-refractivity contribution in [1.29, 1.82) is 0 Å². The Morgan fingerprint density at radius 3 is 2.95 bits per heavy atom. The summed E-state index contributed by atoms with van der Waals surface area (Å²) in [7, 11) is 0.